The van der Waals surface area contributed by atoms with E-state index in [0.717, 1.165) is 13.2 Å². The largest absolute Gasteiger partial charge is 0.448 e. The zero-order chi connectivity index (χ0) is 12.6. The van der Waals surface area contributed by atoms with Crippen LogP contribution in [0.15, 0.2) is 18.2 Å². The van der Waals surface area contributed by atoms with Gasteiger partial charge in [0, 0.05) is 0 Å². The molecule has 0 N–H and O–H groups in total. The van der Waals surface area contributed by atoms with Gasteiger partial charge in [0.15, 0.2) is 0 Å². The molecule has 0 aliphatic carbocycles. The monoisotopic (exact) mass is 258 g/mol. The van der Waals surface area contributed by atoms with Crippen LogP contribution in [0.2, 0.25) is 0 Å². The SMILES string of the molecule is COS(=O)(=O)Oc1ccc2c(c1)C(=O)OC2=O. The average Bonchev–Trinajstić information content (AvgIpc) is 2.54. The van der Waals surface area contributed by atoms with Gasteiger partial charge in [-0.05, 0) is 18.2 Å². The molecule has 0 unspecified atom stereocenters. The van der Waals surface area contributed by atoms with E-state index in [1.807, 2.05) is 0 Å². The van der Waals surface area contributed by atoms with E-state index in [-0.39, 0.29) is 16.9 Å². The second-order valence-corrected chi connectivity index (χ2v) is 4.36. The summed E-state index contributed by atoms with van der Waals surface area (Å²) >= 11 is 0. The first-order valence-electron chi connectivity index (χ1n) is 4.33. The molecule has 1 aliphatic heterocycles. The minimum atomic E-state index is -4.16. The summed E-state index contributed by atoms with van der Waals surface area (Å²) in [5, 5.41) is 0. The third kappa shape index (κ3) is 2.12. The highest BCUT2D eigenvalue weighted by atomic mass is 32.3. The van der Waals surface area contributed by atoms with Crippen molar-refractivity contribution in [2.75, 3.05) is 7.11 Å². The molecule has 0 spiro atoms. The first-order valence-corrected chi connectivity index (χ1v) is 5.67. The molecule has 2 rings (SSSR count). The third-order valence-corrected chi connectivity index (χ3v) is 2.82. The molecule has 17 heavy (non-hydrogen) atoms. The van der Waals surface area contributed by atoms with Gasteiger partial charge in [-0.15, -0.1) is 0 Å². The molecular formula is C9H6O7S. The van der Waals surface area contributed by atoms with Crippen LogP contribution in [0, 0.1) is 0 Å². The average molecular weight is 258 g/mol. The highest BCUT2D eigenvalue weighted by Crippen LogP contribution is 2.25. The molecule has 1 heterocycles. The molecule has 7 nitrogen and oxygen atoms in total. The van der Waals surface area contributed by atoms with Crippen molar-refractivity contribution in [2.24, 2.45) is 0 Å². The summed E-state index contributed by atoms with van der Waals surface area (Å²) in [6.07, 6.45) is 0. The van der Waals surface area contributed by atoms with E-state index in [1.54, 1.807) is 0 Å². The standard InChI is InChI=1S/C9H6O7S/c1-14-17(12,13)16-5-2-3-6-7(4-5)9(11)15-8(6)10/h2-4H,1H3. The predicted octanol–water partition coefficient (Wildman–Crippen LogP) is 0.267. The molecule has 90 valence electrons. The Morgan fingerprint density at radius 2 is 1.76 bits per heavy atom. The van der Waals surface area contributed by atoms with Gasteiger partial charge in [0.05, 0.1) is 18.2 Å². The van der Waals surface area contributed by atoms with Crippen molar-refractivity contribution in [3.05, 3.63) is 29.3 Å². The number of rotatable bonds is 3. The van der Waals surface area contributed by atoms with Gasteiger partial charge in [-0.25, -0.2) is 13.8 Å². The van der Waals surface area contributed by atoms with E-state index < -0.39 is 22.3 Å². The highest BCUT2D eigenvalue weighted by molar-refractivity contribution is 7.82. The molecular weight excluding hydrogens is 252 g/mol. The number of cyclic esters (lactones) is 2. The molecule has 0 saturated heterocycles. The van der Waals surface area contributed by atoms with Crippen molar-refractivity contribution in [1.82, 2.24) is 0 Å². The normalized spacial score (nSPS) is 14.4. The van der Waals surface area contributed by atoms with Gasteiger partial charge < -0.3 is 8.92 Å². The van der Waals surface area contributed by atoms with E-state index in [2.05, 4.69) is 13.1 Å². The molecule has 1 aromatic carbocycles. The van der Waals surface area contributed by atoms with Crippen LogP contribution in [0.3, 0.4) is 0 Å². The quantitative estimate of drug-likeness (QED) is 0.567. The predicted molar refractivity (Wildman–Crippen MR) is 52.7 cm³/mol. The number of ether oxygens (including phenoxy) is 1. The Hall–Kier alpha value is -1.93. The van der Waals surface area contributed by atoms with Crippen molar-refractivity contribution < 1.29 is 31.1 Å². The fraction of sp³-hybridized carbons (Fsp3) is 0.111. The number of carbonyl (C=O) groups is 2. The lowest BCUT2D eigenvalue weighted by Gasteiger charge is -2.04. The van der Waals surface area contributed by atoms with Gasteiger partial charge in [0.1, 0.15) is 5.75 Å². The molecule has 0 fully saturated rings. The van der Waals surface area contributed by atoms with Crippen LogP contribution in [0.5, 0.6) is 5.75 Å². The summed E-state index contributed by atoms with van der Waals surface area (Å²) in [7, 11) is -3.23. The van der Waals surface area contributed by atoms with E-state index in [0.29, 0.717) is 0 Å². The maximum atomic E-state index is 11.2. The van der Waals surface area contributed by atoms with Crippen molar-refractivity contribution >= 4 is 22.3 Å². The van der Waals surface area contributed by atoms with Crippen LogP contribution in [0.4, 0.5) is 0 Å². The van der Waals surface area contributed by atoms with Gasteiger partial charge >= 0.3 is 22.3 Å². The minimum Gasteiger partial charge on any atom is -0.386 e. The van der Waals surface area contributed by atoms with Gasteiger partial charge in [-0.2, -0.15) is 8.42 Å². The highest BCUT2D eigenvalue weighted by Gasteiger charge is 2.30. The summed E-state index contributed by atoms with van der Waals surface area (Å²) in [5.41, 5.74) is 0.0240. The smallest absolute Gasteiger partial charge is 0.386 e. The van der Waals surface area contributed by atoms with E-state index in [9.17, 15) is 18.0 Å². The van der Waals surface area contributed by atoms with Crippen molar-refractivity contribution in [2.45, 2.75) is 0 Å². The lowest BCUT2D eigenvalue weighted by Crippen LogP contribution is -2.10. The van der Waals surface area contributed by atoms with E-state index in [1.165, 1.54) is 12.1 Å². The summed E-state index contributed by atoms with van der Waals surface area (Å²) in [6.45, 7) is 0. The lowest BCUT2D eigenvalue weighted by atomic mass is 10.1. The Morgan fingerprint density at radius 3 is 2.41 bits per heavy atom. The Kier molecular flexibility index (Phi) is 2.60. The molecule has 1 aromatic rings. The second kappa shape index (κ2) is 3.82. The Bertz CT molecular complexity index is 602. The maximum absolute atomic E-state index is 11.2. The van der Waals surface area contributed by atoms with Crippen molar-refractivity contribution in [3.8, 4) is 5.75 Å². The van der Waals surface area contributed by atoms with Crippen LogP contribution in [0.1, 0.15) is 20.7 Å². The third-order valence-electron chi connectivity index (χ3n) is 2.02. The number of esters is 2. The first-order chi connectivity index (χ1) is 7.93. The van der Waals surface area contributed by atoms with Crippen LogP contribution >= 0.6 is 0 Å². The molecule has 0 bridgehead atoms. The summed E-state index contributed by atoms with van der Waals surface area (Å²) in [5.74, 6) is -1.76. The Morgan fingerprint density at radius 1 is 1.12 bits per heavy atom. The zero-order valence-electron chi connectivity index (χ0n) is 8.50. The number of benzene rings is 1. The topological polar surface area (TPSA) is 96.0 Å². The number of carbonyl (C=O) groups excluding carboxylic acids is 2. The van der Waals surface area contributed by atoms with Crippen LogP contribution in [0.25, 0.3) is 0 Å². The number of fused-ring (bicyclic) bond motifs is 1. The van der Waals surface area contributed by atoms with Gasteiger partial charge in [-0.3, -0.25) is 0 Å². The second-order valence-electron chi connectivity index (χ2n) is 3.04. The molecule has 0 aromatic heterocycles. The number of hydrogen-bond donors (Lipinski definition) is 0. The summed E-state index contributed by atoms with van der Waals surface area (Å²) in [6, 6.07) is 3.55. The number of hydrogen-bond acceptors (Lipinski definition) is 7. The minimum absolute atomic E-state index is 0.0428. The molecule has 0 saturated carbocycles. The van der Waals surface area contributed by atoms with Gasteiger partial charge in [0.2, 0.25) is 0 Å². The van der Waals surface area contributed by atoms with Gasteiger partial charge in [0.25, 0.3) is 0 Å². The fourth-order valence-electron chi connectivity index (χ4n) is 1.27. The molecule has 0 amide bonds. The van der Waals surface area contributed by atoms with Crippen molar-refractivity contribution in [3.63, 3.8) is 0 Å². The van der Waals surface area contributed by atoms with E-state index >= 15 is 0 Å². The molecule has 0 atom stereocenters. The van der Waals surface area contributed by atoms with E-state index in [4.69, 9.17) is 0 Å². The summed E-state index contributed by atoms with van der Waals surface area (Å²) in [4.78, 5) is 22.3. The van der Waals surface area contributed by atoms with Crippen LogP contribution in [-0.2, 0) is 19.3 Å². The Balaban J connectivity index is 2.39. The Labute approximate surface area is 96.2 Å². The van der Waals surface area contributed by atoms with Gasteiger partial charge in [-0.1, -0.05) is 0 Å². The zero-order valence-corrected chi connectivity index (χ0v) is 9.31. The van der Waals surface area contributed by atoms with Crippen LogP contribution in [-0.4, -0.2) is 27.5 Å². The maximum Gasteiger partial charge on any atom is 0.448 e. The molecule has 0 radical (unpaired) electrons. The summed E-state index contributed by atoms with van der Waals surface area (Å²) < 4.78 is 34.9. The van der Waals surface area contributed by atoms with Crippen molar-refractivity contribution in [1.29, 1.82) is 0 Å². The van der Waals surface area contributed by atoms with Crippen LogP contribution < -0.4 is 4.18 Å². The first kappa shape index (κ1) is 11.6. The molecule has 1 aliphatic rings. The fourth-order valence-corrected chi connectivity index (χ4v) is 1.68. The molecule has 8 heteroatoms. The lowest BCUT2D eigenvalue weighted by molar-refractivity contribution is 0.0443.